The highest BCUT2D eigenvalue weighted by atomic mass is 19.4. The molecule has 26 heavy (non-hydrogen) atoms. The molecule has 1 atom stereocenters. The second-order valence-electron chi connectivity index (χ2n) is 7.32. The molecule has 1 heterocycles. The maximum atomic E-state index is 13.0. The molecule has 1 aromatic rings. The second kappa shape index (κ2) is 6.85. The summed E-state index contributed by atoms with van der Waals surface area (Å²) < 4.78 is 64.1. The van der Waals surface area contributed by atoms with E-state index in [4.69, 9.17) is 0 Å². The zero-order valence-electron chi connectivity index (χ0n) is 14.8. The highest BCUT2D eigenvalue weighted by molar-refractivity contribution is 5.40. The molecule has 0 spiro atoms. The van der Waals surface area contributed by atoms with E-state index in [1.54, 1.807) is 0 Å². The van der Waals surface area contributed by atoms with E-state index in [0.717, 1.165) is 6.92 Å². The first kappa shape index (κ1) is 20.1. The number of hydrogen-bond acceptors (Lipinski definition) is 5. The minimum Gasteiger partial charge on any atom is -0.351 e. The molecule has 2 rings (SSSR count). The van der Waals surface area contributed by atoms with E-state index in [2.05, 4.69) is 37.4 Å². The second-order valence-corrected chi connectivity index (χ2v) is 7.32. The van der Waals surface area contributed by atoms with Gasteiger partial charge in [0, 0.05) is 24.3 Å². The lowest BCUT2D eigenvalue weighted by Gasteiger charge is -2.35. The van der Waals surface area contributed by atoms with Crippen LogP contribution in [0.1, 0.15) is 46.4 Å². The van der Waals surface area contributed by atoms with Gasteiger partial charge in [-0.05, 0) is 33.6 Å². The molecule has 1 aliphatic carbocycles. The van der Waals surface area contributed by atoms with Gasteiger partial charge >= 0.3 is 6.18 Å². The van der Waals surface area contributed by atoms with Crippen molar-refractivity contribution in [1.29, 1.82) is 0 Å². The van der Waals surface area contributed by atoms with E-state index in [1.165, 1.54) is 0 Å². The quantitative estimate of drug-likeness (QED) is 0.617. The lowest BCUT2D eigenvalue weighted by molar-refractivity contribution is -0.138. The number of alkyl halides is 5. The molecule has 1 aromatic heterocycles. The van der Waals surface area contributed by atoms with E-state index in [-0.39, 0.29) is 36.0 Å². The molecule has 0 unspecified atom stereocenters. The van der Waals surface area contributed by atoms with Crippen molar-refractivity contribution in [3.8, 4) is 11.8 Å². The molecule has 10 heteroatoms. The van der Waals surface area contributed by atoms with Gasteiger partial charge in [0.25, 0.3) is 5.92 Å². The van der Waals surface area contributed by atoms with Crippen molar-refractivity contribution in [1.82, 2.24) is 15.0 Å². The summed E-state index contributed by atoms with van der Waals surface area (Å²) in [5.41, 5.74) is -0.372. The fourth-order valence-electron chi connectivity index (χ4n) is 2.03. The van der Waals surface area contributed by atoms with Crippen LogP contribution in [0.5, 0.6) is 0 Å². The summed E-state index contributed by atoms with van der Waals surface area (Å²) >= 11 is 0. The average Bonchev–Trinajstić information content (AvgIpc) is 2.41. The van der Waals surface area contributed by atoms with Crippen molar-refractivity contribution < 1.29 is 22.0 Å². The number of nitrogens with zero attached hydrogens (tertiary/aromatic N) is 3. The lowest BCUT2D eigenvalue weighted by Crippen LogP contribution is -2.44. The largest absolute Gasteiger partial charge is 0.408 e. The number of halogens is 5. The third-order valence-electron chi connectivity index (χ3n) is 3.44. The molecule has 1 fully saturated rings. The molecule has 0 radical (unpaired) electrons. The van der Waals surface area contributed by atoms with Crippen molar-refractivity contribution >= 4 is 11.9 Å². The molecular formula is C16H20F5N5. The van der Waals surface area contributed by atoms with Gasteiger partial charge in [-0.25, -0.2) is 8.78 Å². The topological polar surface area (TPSA) is 62.7 Å². The Hall–Kier alpha value is -2.18. The fourth-order valence-corrected chi connectivity index (χ4v) is 2.03. The number of nitrogens with one attached hydrogen (secondary N) is 2. The smallest absolute Gasteiger partial charge is 0.351 e. The van der Waals surface area contributed by atoms with Gasteiger partial charge in [-0.15, -0.1) is 0 Å². The van der Waals surface area contributed by atoms with Gasteiger partial charge in [0.05, 0.1) is 0 Å². The van der Waals surface area contributed by atoms with Gasteiger partial charge in [-0.3, -0.25) is 0 Å². The van der Waals surface area contributed by atoms with Gasteiger partial charge in [0.1, 0.15) is 6.04 Å². The fraction of sp³-hybridized carbons (Fsp3) is 0.688. The monoisotopic (exact) mass is 377 g/mol. The predicted molar refractivity (Wildman–Crippen MR) is 86.9 cm³/mol. The van der Waals surface area contributed by atoms with Gasteiger partial charge in [-0.1, -0.05) is 5.92 Å². The molecule has 2 N–H and O–H groups in total. The minimum absolute atomic E-state index is 0.0413. The molecule has 5 nitrogen and oxygen atoms in total. The molecule has 0 amide bonds. The van der Waals surface area contributed by atoms with Crippen LogP contribution < -0.4 is 10.6 Å². The SMILES string of the molecule is C[C@@H](Nc1nc(C#CC(C)(C)C)nc(NC2CC(F)(F)C2)n1)C(F)(F)F. The van der Waals surface area contributed by atoms with Crippen LogP contribution in [0.3, 0.4) is 0 Å². The van der Waals surface area contributed by atoms with Gasteiger partial charge in [0.15, 0.2) is 0 Å². The minimum atomic E-state index is -4.49. The van der Waals surface area contributed by atoms with E-state index in [0.29, 0.717) is 0 Å². The molecule has 0 aromatic carbocycles. The van der Waals surface area contributed by atoms with Crippen molar-refractivity contribution in [3.63, 3.8) is 0 Å². The van der Waals surface area contributed by atoms with Gasteiger partial charge < -0.3 is 10.6 Å². The molecule has 144 valence electrons. The van der Waals surface area contributed by atoms with E-state index >= 15 is 0 Å². The van der Waals surface area contributed by atoms with Crippen molar-refractivity contribution in [2.24, 2.45) is 5.41 Å². The Labute approximate surface area is 148 Å². The van der Waals surface area contributed by atoms with Crippen LogP contribution in [0.4, 0.5) is 33.8 Å². The Balaban J connectivity index is 2.25. The van der Waals surface area contributed by atoms with Gasteiger partial charge in [0.2, 0.25) is 17.7 Å². The highest BCUT2D eigenvalue weighted by Gasteiger charge is 2.45. The third-order valence-corrected chi connectivity index (χ3v) is 3.44. The highest BCUT2D eigenvalue weighted by Crippen LogP contribution is 2.38. The summed E-state index contributed by atoms with van der Waals surface area (Å²) in [6.45, 7) is 6.47. The molecule has 0 saturated heterocycles. The Kier molecular flexibility index (Phi) is 5.31. The van der Waals surface area contributed by atoms with Gasteiger partial charge in [-0.2, -0.15) is 28.1 Å². The van der Waals surface area contributed by atoms with Crippen LogP contribution in [0.2, 0.25) is 0 Å². The zero-order valence-corrected chi connectivity index (χ0v) is 14.8. The first-order valence-electron chi connectivity index (χ1n) is 8.00. The van der Waals surface area contributed by atoms with Crippen molar-refractivity contribution in [2.45, 2.75) is 64.7 Å². The molecule has 1 saturated carbocycles. The average molecular weight is 377 g/mol. The summed E-state index contributed by atoms with van der Waals surface area (Å²) in [4.78, 5) is 11.7. The Morgan fingerprint density at radius 1 is 1.08 bits per heavy atom. The van der Waals surface area contributed by atoms with Crippen LogP contribution in [0.15, 0.2) is 0 Å². The third kappa shape index (κ3) is 5.97. The Morgan fingerprint density at radius 2 is 1.65 bits per heavy atom. The van der Waals surface area contributed by atoms with Crippen LogP contribution in [0, 0.1) is 17.3 Å². The molecule has 0 aliphatic heterocycles. The maximum Gasteiger partial charge on any atom is 0.408 e. The molecule has 0 bridgehead atoms. The van der Waals surface area contributed by atoms with Crippen LogP contribution in [-0.2, 0) is 0 Å². The molecular weight excluding hydrogens is 357 g/mol. The van der Waals surface area contributed by atoms with E-state index in [9.17, 15) is 22.0 Å². The predicted octanol–water partition coefficient (Wildman–Crippen LogP) is 3.84. The summed E-state index contributed by atoms with van der Waals surface area (Å²) in [6.07, 6.45) is -5.26. The van der Waals surface area contributed by atoms with Crippen LogP contribution in [0.25, 0.3) is 0 Å². The number of rotatable bonds is 4. The summed E-state index contributed by atoms with van der Waals surface area (Å²) in [5, 5.41) is 4.83. The lowest BCUT2D eigenvalue weighted by atomic mass is 9.88. The van der Waals surface area contributed by atoms with Crippen molar-refractivity contribution in [2.75, 3.05) is 10.6 Å². The molecule has 1 aliphatic rings. The number of anilines is 2. The number of hydrogen-bond donors (Lipinski definition) is 2. The first-order valence-corrected chi connectivity index (χ1v) is 8.00. The van der Waals surface area contributed by atoms with Crippen LogP contribution in [-0.4, -0.2) is 39.1 Å². The van der Waals surface area contributed by atoms with Crippen LogP contribution >= 0.6 is 0 Å². The van der Waals surface area contributed by atoms with E-state index < -0.39 is 24.2 Å². The summed E-state index contributed by atoms with van der Waals surface area (Å²) in [7, 11) is 0. The maximum absolute atomic E-state index is 13.0. The first-order chi connectivity index (χ1) is 11.7. The zero-order chi connectivity index (χ0) is 19.8. The summed E-state index contributed by atoms with van der Waals surface area (Å²) in [6, 6.07) is -2.45. The van der Waals surface area contributed by atoms with Crippen molar-refractivity contribution in [3.05, 3.63) is 5.82 Å². The Morgan fingerprint density at radius 3 is 2.15 bits per heavy atom. The van der Waals surface area contributed by atoms with E-state index in [1.807, 2.05) is 20.8 Å². The summed E-state index contributed by atoms with van der Waals surface area (Å²) in [5.74, 6) is 2.36. The number of aromatic nitrogens is 3. The standard InChI is InChI=1S/C16H20F5N5/c1-9(16(19,20)21)22-12-24-11(5-6-14(2,3)4)25-13(26-12)23-10-7-15(17,18)8-10/h9-10H,7-8H2,1-4H3,(H2,22,23,24,25,26)/t9-/m1/s1. The normalized spacial score (nSPS) is 18.3. The Bertz CT molecular complexity index is 706.